The lowest BCUT2D eigenvalue weighted by Crippen LogP contribution is -2.15. The summed E-state index contributed by atoms with van der Waals surface area (Å²) >= 11 is 0. The summed E-state index contributed by atoms with van der Waals surface area (Å²) in [7, 11) is 0. The Labute approximate surface area is 188 Å². The van der Waals surface area contributed by atoms with Gasteiger partial charge in [-0.05, 0) is 60.6 Å². The van der Waals surface area contributed by atoms with Crippen LogP contribution in [0.3, 0.4) is 0 Å². The van der Waals surface area contributed by atoms with Crippen molar-refractivity contribution in [1.82, 2.24) is 4.57 Å². The van der Waals surface area contributed by atoms with Gasteiger partial charge in [0.2, 0.25) is 0 Å². The van der Waals surface area contributed by atoms with E-state index in [1.54, 1.807) is 6.08 Å². The van der Waals surface area contributed by atoms with Gasteiger partial charge in [0.15, 0.2) is 0 Å². The van der Waals surface area contributed by atoms with Crippen molar-refractivity contribution in [3.63, 3.8) is 0 Å². The van der Waals surface area contributed by atoms with Crippen molar-refractivity contribution in [2.75, 3.05) is 0 Å². The van der Waals surface area contributed by atoms with E-state index >= 15 is 0 Å². The van der Waals surface area contributed by atoms with E-state index in [0.717, 1.165) is 18.4 Å². The molecule has 3 aromatic rings. The van der Waals surface area contributed by atoms with Crippen molar-refractivity contribution in [2.45, 2.75) is 46.6 Å². The second kappa shape index (κ2) is 10.3. The van der Waals surface area contributed by atoms with Crippen molar-refractivity contribution < 1.29 is 0 Å². The lowest BCUT2D eigenvalue weighted by Gasteiger charge is -2.26. The maximum atomic E-state index is 4.12. The summed E-state index contributed by atoms with van der Waals surface area (Å²) in [5, 5.41) is 1.29. The van der Waals surface area contributed by atoms with Gasteiger partial charge in [0.25, 0.3) is 0 Å². The molecular weight excluding hydrogens is 374 g/mol. The molecule has 0 aliphatic carbocycles. The van der Waals surface area contributed by atoms with Crippen LogP contribution in [-0.4, -0.2) is 4.57 Å². The predicted molar refractivity (Wildman–Crippen MR) is 138 cm³/mol. The number of hydrogen-bond donors (Lipinski definition) is 0. The number of hydrogen-bond acceptors (Lipinski definition) is 0. The van der Waals surface area contributed by atoms with Crippen LogP contribution in [0.5, 0.6) is 0 Å². The van der Waals surface area contributed by atoms with Gasteiger partial charge in [-0.3, -0.25) is 0 Å². The zero-order valence-corrected chi connectivity index (χ0v) is 19.4. The molecule has 0 saturated carbocycles. The smallest absolute Gasteiger partial charge is 0.0594 e. The molecule has 0 spiro atoms. The third-order valence-electron chi connectivity index (χ3n) is 5.82. The third-order valence-corrected chi connectivity index (χ3v) is 5.82. The molecule has 0 fully saturated rings. The first kappa shape index (κ1) is 22.6. The molecule has 0 aliphatic heterocycles. The molecule has 1 heteroatoms. The van der Waals surface area contributed by atoms with Gasteiger partial charge in [-0.15, -0.1) is 0 Å². The summed E-state index contributed by atoms with van der Waals surface area (Å²) in [6.45, 7) is 16.9. The Balaban J connectivity index is 2.30. The van der Waals surface area contributed by atoms with Gasteiger partial charge in [-0.2, -0.15) is 0 Å². The van der Waals surface area contributed by atoms with E-state index in [1.165, 1.54) is 33.3 Å². The van der Waals surface area contributed by atoms with Gasteiger partial charge >= 0.3 is 0 Å². The highest BCUT2D eigenvalue weighted by molar-refractivity contribution is 5.89. The molecule has 2 aromatic carbocycles. The van der Waals surface area contributed by atoms with Crippen LogP contribution in [0, 0.1) is 12.8 Å². The molecule has 0 bridgehead atoms. The van der Waals surface area contributed by atoms with Crippen LogP contribution in [0.4, 0.5) is 0 Å². The first-order valence-electron chi connectivity index (χ1n) is 11.3. The molecular formula is C30H35N. The number of nitrogens with zero attached hydrogens (tertiary/aromatic N) is 1. The van der Waals surface area contributed by atoms with Gasteiger partial charge < -0.3 is 4.57 Å². The highest BCUT2D eigenvalue weighted by atomic mass is 15.0. The lowest BCUT2D eigenvalue weighted by molar-refractivity contribution is 0.458. The topological polar surface area (TPSA) is 4.93 Å². The van der Waals surface area contributed by atoms with Crippen molar-refractivity contribution in [3.8, 4) is 0 Å². The molecule has 0 N–H and O–H groups in total. The molecule has 0 aliphatic rings. The Kier molecular flexibility index (Phi) is 7.52. The first-order valence-corrected chi connectivity index (χ1v) is 11.3. The lowest BCUT2D eigenvalue weighted by atomic mass is 9.95. The van der Waals surface area contributed by atoms with Crippen molar-refractivity contribution in [3.05, 3.63) is 114 Å². The Hall–Kier alpha value is -3.06. The van der Waals surface area contributed by atoms with Gasteiger partial charge in [0, 0.05) is 16.6 Å². The van der Waals surface area contributed by atoms with Crippen LogP contribution in [0.1, 0.15) is 55.6 Å². The summed E-state index contributed by atoms with van der Waals surface area (Å²) in [5.74, 6) is 0.573. The van der Waals surface area contributed by atoms with E-state index in [-0.39, 0.29) is 6.04 Å². The molecule has 0 amide bonds. The molecule has 1 aromatic heterocycles. The van der Waals surface area contributed by atoms with E-state index in [1.807, 2.05) is 18.2 Å². The van der Waals surface area contributed by atoms with Crippen LogP contribution >= 0.6 is 0 Å². The molecule has 31 heavy (non-hydrogen) atoms. The van der Waals surface area contributed by atoms with Gasteiger partial charge in [0.1, 0.15) is 0 Å². The number of aromatic nitrogens is 1. The number of allylic oxidation sites excluding steroid dienone is 6. The molecule has 160 valence electrons. The first-order chi connectivity index (χ1) is 15.0. The molecule has 0 radical (unpaired) electrons. The Morgan fingerprint density at radius 3 is 2.35 bits per heavy atom. The normalized spacial score (nSPS) is 13.3. The summed E-state index contributed by atoms with van der Waals surface area (Å²) < 4.78 is 2.52. The Morgan fingerprint density at radius 2 is 1.74 bits per heavy atom. The van der Waals surface area contributed by atoms with Gasteiger partial charge in [-0.25, -0.2) is 0 Å². The fraction of sp³-hybridized carbons (Fsp3) is 0.267. The average molecular weight is 410 g/mol. The van der Waals surface area contributed by atoms with E-state index in [0.29, 0.717) is 5.92 Å². The number of rotatable bonds is 9. The minimum absolute atomic E-state index is 0.257. The predicted octanol–water partition coefficient (Wildman–Crippen LogP) is 8.46. The maximum absolute atomic E-state index is 4.12. The standard InChI is InChI=1S/C30H35N/c1-7-10-11-12-25(9-3)30-21-27-20-24(8-2)15-18-28(27)31(30)29(19-22(4)5)26-16-13-23(6)14-17-26/h7,9-18,20-22,29H,1,3,8,19H2,2,4-6H3/b11-10-,25-12+. The van der Waals surface area contributed by atoms with Crippen LogP contribution in [-0.2, 0) is 6.42 Å². The van der Waals surface area contributed by atoms with E-state index in [9.17, 15) is 0 Å². The number of benzene rings is 2. The van der Waals surface area contributed by atoms with Crippen LogP contribution in [0.25, 0.3) is 16.5 Å². The molecule has 1 atom stereocenters. The van der Waals surface area contributed by atoms with Crippen molar-refractivity contribution in [2.24, 2.45) is 5.92 Å². The third kappa shape index (κ3) is 5.17. The average Bonchev–Trinajstić information content (AvgIpc) is 3.13. The van der Waals surface area contributed by atoms with Gasteiger partial charge in [0.05, 0.1) is 6.04 Å². The SMILES string of the molecule is C=C/C=C\C=C(/C=C)c1cc2cc(CC)ccc2n1C(CC(C)C)c1ccc(C)cc1. The van der Waals surface area contributed by atoms with Crippen molar-refractivity contribution in [1.29, 1.82) is 0 Å². The minimum atomic E-state index is 0.257. The fourth-order valence-electron chi connectivity index (χ4n) is 4.19. The molecule has 0 saturated heterocycles. The van der Waals surface area contributed by atoms with Crippen LogP contribution in [0.15, 0.2) is 92.1 Å². The zero-order valence-electron chi connectivity index (χ0n) is 19.4. The second-order valence-corrected chi connectivity index (χ2v) is 8.65. The maximum Gasteiger partial charge on any atom is 0.0594 e. The highest BCUT2D eigenvalue weighted by Gasteiger charge is 2.22. The summed E-state index contributed by atoms with van der Waals surface area (Å²) in [5.41, 5.74) is 7.61. The molecule has 1 unspecified atom stereocenters. The second-order valence-electron chi connectivity index (χ2n) is 8.65. The van der Waals surface area contributed by atoms with Crippen molar-refractivity contribution >= 4 is 16.5 Å². The van der Waals surface area contributed by atoms with E-state index < -0.39 is 0 Å². The van der Waals surface area contributed by atoms with E-state index in [4.69, 9.17) is 0 Å². The Morgan fingerprint density at radius 1 is 1.00 bits per heavy atom. The largest absolute Gasteiger partial charge is 0.333 e. The van der Waals surface area contributed by atoms with E-state index in [2.05, 4.69) is 100 Å². The zero-order chi connectivity index (χ0) is 22.4. The summed E-state index contributed by atoms with van der Waals surface area (Å²) in [6.07, 6.45) is 12.0. The fourth-order valence-corrected chi connectivity index (χ4v) is 4.19. The quantitative estimate of drug-likeness (QED) is 0.312. The summed E-state index contributed by atoms with van der Waals surface area (Å²) in [4.78, 5) is 0. The van der Waals surface area contributed by atoms with Gasteiger partial charge in [-0.1, -0.05) is 100 Å². The molecule has 1 nitrogen and oxygen atoms in total. The highest BCUT2D eigenvalue weighted by Crippen LogP contribution is 2.36. The summed E-state index contributed by atoms with van der Waals surface area (Å²) in [6, 6.07) is 18.5. The number of fused-ring (bicyclic) bond motifs is 1. The monoisotopic (exact) mass is 409 g/mol. The molecule has 1 heterocycles. The van der Waals surface area contributed by atoms with Crippen LogP contribution < -0.4 is 0 Å². The molecule has 3 rings (SSSR count). The Bertz CT molecular complexity index is 1100. The van der Waals surface area contributed by atoms with Crippen LogP contribution in [0.2, 0.25) is 0 Å². The number of aryl methyl sites for hydroxylation is 2. The minimum Gasteiger partial charge on any atom is -0.333 e.